The van der Waals surface area contributed by atoms with Crippen molar-refractivity contribution in [3.63, 3.8) is 0 Å². The Kier molecular flexibility index (Phi) is 4.45. The SMILES string of the molecule is C=CCN(CC=C)c1ccc2c(c1)C1CCCCC1OC2. The van der Waals surface area contributed by atoms with Crippen LogP contribution in [0.3, 0.4) is 0 Å². The highest BCUT2D eigenvalue weighted by Crippen LogP contribution is 2.41. The number of hydrogen-bond acceptors (Lipinski definition) is 2. The molecule has 0 spiro atoms. The first-order chi connectivity index (χ1) is 10.3. The standard InChI is InChI=1S/C19H25NO/c1-3-11-20(12-4-2)16-10-9-15-14-21-19-8-6-5-7-17(19)18(15)13-16/h3-4,9-10,13,17,19H,1-2,5-8,11-12,14H2. The minimum atomic E-state index is 0.439. The molecule has 0 bridgehead atoms. The first-order valence-corrected chi connectivity index (χ1v) is 8.04. The van der Waals surface area contributed by atoms with E-state index < -0.39 is 0 Å². The van der Waals surface area contributed by atoms with Gasteiger partial charge in [-0.15, -0.1) is 13.2 Å². The first kappa shape index (κ1) is 14.4. The number of benzene rings is 1. The van der Waals surface area contributed by atoms with Crippen LogP contribution in [-0.4, -0.2) is 19.2 Å². The highest BCUT2D eigenvalue weighted by Gasteiger charge is 2.32. The van der Waals surface area contributed by atoms with Crippen molar-refractivity contribution >= 4 is 5.69 Å². The molecule has 0 radical (unpaired) electrons. The van der Waals surface area contributed by atoms with E-state index in [-0.39, 0.29) is 0 Å². The van der Waals surface area contributed by atoms with Gasteiger partial charge in [0.15, 0.2) is 0 Å². The molecule has 2 aliphatic rings. The molecule has 0 amide bonds. The Morgan fingerprint density at radius 2 is 1.90 bits per heavy atom. The van der Waals surface area contributed by atoms with E-state index in [1.54, 1.807) is 0 Å². The molecule has 1 aliphatic heterocycles. The Hall–Kier alpha value is -1.54. The normalized spacial score (nSPS) is 23.8. The van der Waals surface area contributed by atoms with Crippen molar-refractivity contribution in [1.82, 2.24) is 0 Å². The van der Waals surface area contributed by atoms with Crippen LogP contribution in [0.15, 0.2) is 43.5 Å². The van der Waals surface area contributed by atoms with Crippen molar-refractivity contribution in [3.05, 3.63) is 54.6 Å². The minimum Gasteiger partial charge on any atom is -0.373 e. The van der Waals surface area contributed by atoms with E-state index >= 15 is 0 Å². The Labute approximate surface area is 128 Å². The Balaban J connectivity index is 1.91. The van der Waals surface area contributed by atoms with Gasteiger partial charge >= 0.3 is 0 Å². The monoisotopic (exact) mass is 283 g/mol. The fraction of sp³-hybridized carbons (Fsp3) is 0.474. The maximum absolute atomic E-state index is 6.06. The molecule has 21 heavy (non-hydrogen) atoms. The van der Waals surface area contributed by atoms with Crippen LogP contribution in [-0.2, 0) is 11.3 Å². The molecule has 112 valence electrons. The second kappa shape index (κ2) is 6.48. The van der Waals surface area contributed by atoms with Gasteiger partial charge in [0.05, 0.1) is 12.7 Å². The van der Waals surface area contributed by atoms with Crippen molar-refractivity contribution in [2.24, 2.45) is 0 Å². The quantitative estimate of drug-likeness (QED) is 0.742. The summed E-state index contributed by atoms with van der Waals surface area (Å²) in [5, 5.41) is 0. The van der Waals surface area contributed by atoms with Gasteiger partial charge in [0.2, 0.25) is 0 Å². The molecule has 1 saturated carbocycles. The maximum atomic E-state index is 6.06. The largest absolute Gasteiger partial charge is 0.373 e. The van der Waals surface area contributed by atoms with E-state index in [4.69, 9.17) is 4.74 Å². The zero-order valence-electron chi connectivity index (χ0n) is 12.8. The third-order valence-corrected chi connectivity index (χ3v) is 4.75. The molecule has 1 aromatic rings. The molecule has 2 heteroatoms. The summed E-state index contributed by atoms with van der Waals surface area (Å²) in [6, 6.07) is 6.83. The smallest absolute Gasteiger partial charge is 0.0723 e. The van der Waals surface area contributed by atoms with Crippen LogP contribution in [0.25, 0.3) is 0 Å². The molecular weight excluding hydrogens is 258 g/mol. The van der Waals surface area contributed by atoms with Gasteiger partial charge in [0.1, 0.15) is 0 Å². The van der Waals surface area contributed by atoms with Gasteiger partial charge in [0, 0.05) is 24.7 Å². The maximum Gasteiger partial charge on any atom is 0.0723 e. The van der Waals surface area contributed by atoms with Crippen molar-refractivity contribution in [1.29, 1.82) is 0 Å². The van der Waals surface area contributed by atoms with E-state index in [1.165, 1.54) is 42.5 Å². The first-order valence-electron chi connectivity index (χ1n) is 8.04. The van der Waals surface area contributed by atoms with E-state index in [1.807, 2.05) is 12.2 Å². The Morgan fingerprint density at radius 1 is 1.14 bits per heavy atom. The van der Waals surface area contributed by atoms with Crippen LogP contribution in [0.5, 0.6) is 0 Å². The summed E-state index contributed by atoms with van der Waals surface area (Å²) in [7, 11) is 0. The topological polar surface area (TPSA) is 12.5 Å². The lowest BCUT2D eigenvalue weighted by Crippen LogP contribution is -2.31. The lowest BCUT2D eigenvalue weighted by atomic mass is 9.78. The predicted molar refractivity (Wildman–Crippen MR) is 88.8 cm³/mol. The molecule has 2 unspecified atom stereocenters. The highest BCUT2D eigenvalue weighted by atomic mass is 16.5. The fourth-order valence-corrected chi connectivity index (χ4v) is 3.70. The summed E-state index contributed by atoms with van der Waals surface area (Å²) in [6.45, 7) is 10.2. The Morgan fingerprint density at radius 3 is 2.67 bits per heavy atom. The summed E-state index contributed by atoms with van der Waals surface area (Å²) in [6.07, 6.45) is 9.48. The van der Waals surface area contributed by atoms with Crippen molar-refractivity contribution in [3.8, 4) is 0 Å². The third-order valence-electron chi connectivity index (χ3n) is 4.75. The molecule has 2 nitrogen and oxygen atoms in total. The zero-order chi connectivity index (χ0) is 14.7. The Bertz CT molecular complexity index is 512. The van der Waals surface area contributed by atoms with Gasteiger partial charge in [-0.2, -0.15) is 0 Å². The van der Waals surface area contributed by atoms with Crippen LogP contribution < -0.4 is 4.90 Å². The predicted octanol–water partition coefficient (Wildman–Crippen LogP) is 4.42. The van der Waals surface area contributed by atoms with Crippen LogP contribution >= 0.6 is 0 Å². The van der Waals surface area contributed by atoms with Gasteiger partial charge in [-0.05, 0) is 36.1 Å². The van der Waals surface area contributed by atoms with Crippen LogP contribution in [0.1, 0.15) is 42.7 Å². The number of nitrogens with zero attached hydrogens (tertiary/aromatic N) is 1. The van der Waals surface area contributed by atoms with E-state index in [9.17, 15) is 0 Å². The second-order valence-electron chi connectivity index (χ2n) is 6.11. The van der Waals surface area contributed by atoms with Crippen molar-refractivity contribution in [2.45, 2.75) is 44.3 Å². The van der Waals surface area contributed by atoms with Gasteiger partial charge in [0.25, 0.3) is 0 Å². The molecule has 1 aromatic carbocycles. The number of hydrogen-bond donors (Lipinski definition) is 0. The highest BCUT2D eigenvalue weighted by molar-refractivity contribution is 5.53. The van der Waals surface area contributed by atoms with Gasteiger partial charge < -0.3 is 9.64 Å². The van der Waals surface area contributed by atoms with Crippen LogP contribution in [0.4, 0.5) is 5.69 Å². The number of rotatable bonds is 5. The second-order valence-corrected chi connectivity index (χ2v) is 6.11. The lowest BCUT2D eigenvalue weighted by Gasteiger charge is -2.38. The number of ether oxygens (including phenoxy) is 1. The molecular formula is C19H25NO. The summed E-state index contributed by atoms with van der Waals surface area (Å²) in [4.78, 5) is 2.31. The summed E-state index contributed by atoms with van der Waals surface area (Å²) >= 11 is 0. The molecule has 0 N–H and O–H groups in total. The summed E-state index contributed by atoms with van der Waals surface area (Å²) in [5.41, 5.74) is 4.17. The third kappa shape index (κ3) is 2.91. The number of anilines is 1. The van der Waals surface area contributed by atoms with Crippen molar-refractivity contribution < 1.29 is 4.74 Å². The number of fused-ring (bicyclic) bond motifs is 3. The van der Waals surface area contributed by atoms with E-state index in [0.29, 0.717) is 12.0 Å². The van der Waals surface area contributed by atoms with E-state index in [0.717, 1.165) is 19.7 Å². The van der Waals surface area contributed by atoms with Crippen molar-refractivity contribution in [2.75, 3.05) is 18.0 Å². The van der Waals surface area contributed by atoms with Crippen LogP contribution in [0, 0.1) is 0 Å². The zero-order valence-corrected chi connectivity index (χ0v) is 12.8. The molecule has 1 fully saturated rings. The van der Waals surface area contributed by atoms with Crippen LogP contribution in [0.2, 0.25) is 0 Å². The van der Waals surface area contributed by atoms with Gasteiger partial charge in [-0.25, -0.2) is 0 Å². The molecule has 1 aliphatic carbocycles. The summed E-state index contributed by atoms with van der Waals surface area (Å²) in [5.74, 6) is 0.594. The average molecular weight is 283 g/mol. The molecule has 0 saturated heterocycles. The molecule has 1 heterocycles. The summed E-state index contributed by atoms with van der Waals surface area (Å²) < 4.78 is 6.06. The average Bonchev–Trinajstić information content (AvgIpc) is 2.54. The van der Waals surface area contributed by atoms with Gasteiger partial charge in [-0.1, -0.05) is 31.1 Å². The molecule has 3 rings (SSSR count). The minimum absolute atomic E-state index is 0.439. The molecule has 0 aromatic heterocycles. The van der Waals surface area contributed by atoms with Gasteiger partial charge in [-0.3, -0.25) is 0 Å². The van der Waals surface area contributed by atoms with E-state index in [2.05, 4.69) is 36.3 Å². The lowest BCUT2D eigenvalue weighted by molar-refractivity contribution is -0.0118. The fourth-order valence-electron chi connectivity index (χ4n) is 3.70. The molecule has 2 atom stereocenters.